The number of hydrogen-bond acceptors (Lipinski definition) is 3. The molecule has 5 heteroatoms. The van der Waals surface area contributed by atoms with Crippen LogP contribution in [-0.4, -0.2) is 24.1 Å². The molecule has 0 fully saturated rings. The average Bonchev–Trinajstić information content (AvgIpc) is 2.53. The minimum absolute atomic E-state index is 0.101. The monoisotopic (exact) mass is 299 g/mol. The summed E-state index contributed by atoms with van der Waals surface area (Å²) < 4.78 is 5.17. The molecular formula is C17H17NO4. The maximum atomic E-state index is 11.9. The lowest BCUT2D eigenvalue weighted by atomic mass is 10.1. The quantitative estimate of drug-likeness (QED) is 0.858. The number of nitrogens with one attached hydrogen (secondary N) is 1. The molecule has 0 unspecified atom stereocenters. The maximum absolute atomic E-state index is 11.9. The zero-order valence-electron chi connectivity index (χ0n) is 12.2. The van der Waals surface area contributed by atoms with E-state index < -0.39 is 5.97 Å². The first-order valence-corrected chi connectivity index (χ1v) is 6.81. The van der Waals surface area contributed by atoms with Crippen LogP contribution in [0.2, 0.25) is 0 Å². The number of hydrogen-bond donors (Lipinski definition) is 2. The summed E-state index contributed by atoms with van der Waals surface area (Å²) in [6, 6.07) is 14.0. The number of carboxylic acid groups (broad SMARTS) is 1. The van der Waals surface area contributed by atoms with Gasteiger partial charge in [0.15, 0.2) is 0 Å². The Hall–Kier alpha value is -2.82. The topological polar surface area (TPSA) is 75.6 Å². The molecule has 0 spiro atoms. The summed E-state index contributed by atoms with van der Waals surface area (Å²) in [6.45, 7) is 0.286. The van der Waals surface area contributed by atoms with E-state index in [0.29, 0.717) is 12.2 Å². The fourth-order valence-corrected chi connectivity index (χ4v) is 2.06. The minimum Gasteiger partial charge on any atom is -0.496 e. The highest BCUT2D eigenvalue weighted by molar-refractivity contribution is 5.88. The van der Waals surface area contributed by atoms with Gasteiger partial charge in [-0.2, -0.15) is 0 Å². The largest absolute Gasteiger partial charge is 0.496 e. The molecule has 0 bridgehead atoms. The molecule has 114 valence electrons. The van der Waals surface area contributed by atoms with Crippen LogP contribution in [0.1, 0.15) is 21.5 Å². The van der Waals surface area contributed by atoms with Crippen LogP contribution in [0.5, 0.6) is 5.75 Å². The number of amides is 1. The molecule has 0 heterocycles. The van der Waals surface area contributed by atoms with Gasteiger partial charge < -0.3 is 15.2 Å². The van der Waals surface area contributed by atoms with Gasteiger partial charge in [0.05, 0.1) is 19.1 Å². The number of methoxy groups -OCH3 is 1. The summed E-state index contributed by atoms with van der Waals surface area (Å²) in [4.78, 5) is 22.8. The first-order chi connectivity index (χ1) is 10.6. The molecule has 1 amide bonds. The second-order valence-corrected chi connectivity index (χ2v) is 4.77. The van der Waals surface area contributed by atoms with Gasteiger partial charge in [0.1, 0.15) is 5.75 Å². The Morgan fingerprint density at radius 1 is 1.14 bits per heavy atom. The Morgan fingerprint density at radius 2 is 1.86 bits per heavy atom. The summed E-state index contributed by atoms with van der Waals surface area (Å²) in [5.74, 6) is -0.673. The van der Waals surface area contributed by atoms with Crippen LogP contribution in [0.3, 0.4) is 0 Å². The van der Waals surface area contributed by atoms with Gasteiger partial charge in [-0.05, 0) is 17.7 Å². The lowest BCUT2D eigenvalue weighted by Gasteiger charge is -2.10. The normalized spacial score (nSPS) is 10.0. The van der Waals surface area contributed by atoms with E-state index in [-0.39, 0.29) is 18.0 Å². The molecule has 2 aromatic rings. The number of carbonyl (C=O) groups excluding carboxylic acids is 1. The number of carboxylic acids is 1. The SMILES string of the molecule is COc1cc(C(=O)O)ccc1CNC(=O)Cc1ccccc1. The fourth-order valence-electron chi connectivity index (χ4n) is 2.06. The molecule has 2 rings (SSSR count). The maximum Gasteiger partial charge on any atom is 0.335 e. The van der Waals surface area contributed by atoms with Crippen LogP contribution in [0.4, 0.5) is 0 Å². The number of carbonyl (C=O) groups is 2. The van der Waals surface area contributed by atoms with Crippen LogP contribution in [0.15, 0.2) is 48.5 Å². The molecule has 0 aromatic heterocycles. The molecule has 0 atom stereocenters. The van der Waals surface area contributed by atoms with Crippen molar-refractivity contribution < 1.29 is 19.4 Å². The van der Waals surface area contributed by atoms with E-state index >= 15 is 0 Å². The molecule has 0 aliphatic carbocycles. The van der Waals surface area contributed by atoms with Crippen molar-refractivity contribution in [2.75, 3.05) is 7.11 Å². The predicted molar refractivity (Wildman–Crippen MR) is 81.9 cm³/mol. The number of ether oxygens (including phenoxy) is 1. The van der Waals surface area contributed by atoms with Crippen molar-refractivity contribution in [1.29, 1.82) is 0 Å². The highest BCUT2D eigenvalue weighted by atomic mass is 16.5. The van der Waals surface area contributed by atoms with Crippen LogP contribution in [-0.2, 0) is 17.8 Å². The zero-order chi connectivity index (χ0) is 15.9. The summed E-state index contributed by atoms with van der Waals surface area (Å²) in [7, 11) is 1.47. The van der Waals surface area contributed by atoms with Gasteiger partial charge in [-0.3, -0.25) is 4.79 Å². The van der Waals surface area contributed by atoms with Crippen molar-refractivity contribution in [3.63, 3.8) is 0 Å². The summed E-state index contributed by atoms with van der Waals surface area (Å²) in [6.07, 6.45) is 0.302. The first kappa shape index (κ1) is 15.6. The molecule has 0 aliphatic rings. The smallest absolute Gasteiger partial charge is 0.335 e. The minimum atomic E-state index is -1.02. The van der Waals surface area contributed by atoms with Crippen molar-refractivity contribution in [3.05, 3.63) is 65.2 Å². The average molecular weight is 299 g/mol. The Morgan fingerprint density at radius 3 is 2.50 bits per heavy atom. The van der Waals surface area contributed by atoms with E-state index in [2.05, 4.69) is 5.32 Å². The fraction of sp³-hybridized carbons (Fsp3) is 0.176. The lowest BCUT2D eigenvalue weighted by molar-refractivity contribution is -0.120. The third-order valence-corrected chi connectivity index (χ3v) is 3.22. The van der Waals surface area contributed by atoms with Crippen molar-refractivity contribution in [2.45, 2.75) is 13.0 Å². The van der Waals surface area contributed by atoms with E-state index in [4.69, 9.17) is 9.84 Å². The Bertz CT molecular complexity index is 668. The molecule has 2 aromatic carbocycles. The highest BCUT2D eigenvalue weighted by Gasteiger charge is 2.10. The summed E-state index contributed by atoms with van der Waals surface area (Å²) >= 11 is 0. The van der Waals surface area contributed by atoms with Crippen molar-refractivity contribution in [2.24, 2.45) is 0 Å². The Labute approximate surface area is 128 Å². The van der Waals surface area contributed by atoms with E-state index in [1.165, 1.54) is 19.2 Å². The first-order valence-electron chi connectivity index (χ1n) is 6.81. The van der Waals surface area contributed by atoms with Crippen LogP contribution in [0, 0.1) is 0 Å². The van der Waals surface area contributed by atoms with Gasteiger partial charge in [-0.25, -0.2) is 4.79 Å². The molecule has 0 saturated heterocycles. The summed E-state index contributed by atoms with van der Waals surface area (Å²) in [5, 5.41) is 11.8. The molecule has 22 heavy (non-hydrogen) atoms. The van der Waals surface area contributed by atoms with Gasteiger partial charge in [0.2, 0.25) is 5.91 Å². The van der Waals surface area contributed by atoms with Crippen molar-refractivity contribution in [3.8, 4) is 5.75 Å². The highest BCUT2D eigenvalue weighted by Crippen LogP contribution is 2.20. The van der Waals surface area contributed by atoms with Gasteiger partial charge in [0, 0.05) is 12.1 Å². The van der Waals surface area contributed by atoms with E-state index in [0.717, 1.165) is 11.1 Å². The van der Waals surface area contributed by atoms with Crippen LogP contribution in [0.25, 0.3) is 0 Å². The second-order valence-electron chi connectivity index (χ2n) is 4.77. The Balaban J connectivity index is 1.99. The van der Waals surface area contributed by atoms with Gasteiger partial charge in [0.25, 0.3) is 0 Å². The van der Waals surface area contributed by atoms with Gasteiger partial charge >= 0.3 is 5.97 Å². The molecule has 0 aliphatic heterocycles. The van der Waals surface area contributed by atoms with E-state index in [1.807, 2.05) is 30.3 Å². The Kier molecular flexibility index (Phi) is 5.14. The van der Waals surface area contributed by atoms with Crippen molar-refractivity contribution in [1.82, 2.24) is 5.32 Å². The van der Waals surface area contributed by atoms with E-state index in [9.17, 15) is 9.59 Å². The molecule has 0 saturated carbocycles. The number of rotatable bonds is 6. The third kappa shape index (κ3) is 4.09. The molecular weight excluding hydrogens is 282 g/mol. The number of benzene rings is 2. The van der Waals surface area contributed by atoms with Gasteiger partial charge in [-0.15, -0.1) is 0 Å². The molecule has 0 radical (unpaired) electrons. The molecule has 5 nitrogen and oxygen atoms in total. The summed E-state index contributed by atoms with van der Waals surface area (Å²) in [5.41, 5.74) is 1.82. The lowest BCUT2D eigenvalue weighted by Crippen LogP contribution is -2.24. The standard InChI is InChI=1S/C17H17NO4/c1-22-15-10-13(17(20)21)7-8-14(15)11-18-16(19)9-12-5-3-2-4-6-12/h2-8,10H,9,11H2,1H3,(H,18,19)(H,20,21). The van der Waals surface area contributed by atoms with Gasteiger partial charge in [-0.1, -0.05) is 36.4 Å². The predicted octanol–water partition coefficient (Wildman–Crippen LogP) is 2.25. The van der Waals surface area contributed by atoms with E-state index in [1.54, 1.807) is 6.07 Å². The van der Waals surface area contributed by atoms with Crippen LogP contribution < -0.4 is 10.1 Å². The zero-order valence-corrected chi connectivity index (χ0v) is 12.2. The third-order valence-electron chi connectivity index (χ3n) is 3.22. The number of aromatic carboxylic acids is 1. The second kappa shape index (κ2) is 7.26. The molecule has 2 N–H and O–H groups in total. The van der Waals surface area contributed by atoms with Crippen molar-refractivity contribution >= 4 is 11.9 Å². The van der Waals surface area contributed by atoms with Crippen LogP contribution >= 0.6 is 0 Å².